The number of esters is 1. The van der Waals surface area contributed by atoms with E-state index in [2.05, 4.69) is 45.2 Å². The average molecular weight is 472 g/mol. The third kappa shape index (κ3) is 5.64. The Kier molecular flexibility index (Phi) is 9.49. The molecule has 4 atom stereocenters. The van der Waals surface area contributed by atoms with Crippen LogP contribution in [0.2, 0.25) is 0 Å². The summed E-state index contributed by atoms with van der Waals surface area (Å²) in [4.78, 5) is 15.4. The SMILES string of the molecule is C=C1CCC2[C@](C)(CCC[C@]2(C)C(=O)OC)[C@H]1CCc1ccoc1CN(CCCC)CCCC. The highest BCUT2D eigenvalue weighted by atomic mass is 16.5. The molecule has 4 nitrogen and oxygen atoms in total. The molecule has 1 heterocycles. The predicted molar refractivity (Wildman–Crippen MR) is 140 cm³/mol. The van der Waals surface area contributed by atoms with E-state index in [1.807, 2.05) is 6.26 Å². The van der Waals surface area contributed by atoms with Crippen molar-refractivity contribution in [3.8, 4) is 0 Å². The molecule has 1 aromatic rings. The van der Waals surface area contributed by atoms with Gasteiger partial charge in [0.05, 0.1) is 25.3 Å². The van der Waals surface area contributed by atoms with Crippen LogP contribution in [0.1, 0.15) is 103 Å². The summed E-state index contributed by atoms with van der Waals surface area (Å²) in [6.45, 7) is 16.8. The van der Waals surface area contributed by atoms with E-state index >= 15 is 0 Å². The molecule has 3 rings (SSSR count). The van der Waals surface area contributed by atoms with Gasteiger partial charge in [0, 0.05) is 0 Å². The van der Waals surface area contributed by atoms with Gasteiger partial charge in [-0.1, -0.05) is 52.2 Å². The van der Waals surface area contributed by atoms with Gasteiger partial charge in [-0.05, 0) is 100 Å². The van der Waals surface area contributed by atoms with E-state index in [4.69, 9.17) is 9.15 Å². The lowest BCUT2D eigenvalue weighted by atomic mass is 9.46. The number of fused-ring (bicyclic) bond motifs is 1. The summed E-state index contributed by atoms with van der Waals surface area (Å²) < 4.78 is 11.3. The summed E-state index contributed by atoms with van der Waals surface area (Å²) in [7, 11) is 1.55. The Morgan fingerprint density at radius 1 is 1.21 bits per heavy atom. The van der Waals surface area contributed by atoms with E-state index in [1.165, 1.54) is 43.2 Å². The van der Waals surface area contributed by atoms with Gasteiger partial charge < -0.3 is 9.15 Å². The van der Waals surface area contributed by atoms with Crippen molar-refractivity contribution < 1.29 is 13.9 Å². The van der Waals surface area contributed by atoms with Crippen LogP contribution in [0.25, 0.3) is 0 Å². The van der Waals surface area contributed by atoms with Crippen molar-refractivity contribution in [2.45, 2.75) is 105 Å². The third-order valence-electron chi connectivity index (χ3n) is 9.23. The first kappa shape index (κ1) is 27.0. The Labute approximate surface area is 208 Å². The van der Waals surface area contributed by atoms with Crippen molar-refractivity contribution in [1.82, 2.24) is 4.90 Å². The van der Waals surface area contributed by atoms with Gasteiger partial charge in [0.1, 0.15) is 5.76 Å². The maximum absolute atomic E-state index is 12.9. The second kappa shape index (κ2) is 11.9. The van der Waals surface area contributed by atoms with E-state index in [1.54, 1.807) is 7.11 Å². The van der Waals surface area contributed by atoms with Crippen LogP contribution in [-0.2, 0) is 22.5 Å². The molecule has 0 spiro atoms. The van der Waals surface area contributed by atoms with Crippen LogP contribution < -0.4 is 0 Å². The normalized spacial score (nSPS) is 29.3. The second-order valence-electron chi connectivity index (χ2n) is 11.5. The Morgan fingerprint density at radius 2 is 1.91 bits per heavy atom. The number of hydrogen-bond acceptors (Lipinski definition) is 4. The largest absolute Gasteiger partial charge is 0.469 e. The van der Waals surface area contributed by atoms with Crippen LogP contribution >= 0.6 is 0 Å². The minimum atomic E-state index is -0.374. The summed E-state index contributed by atoms with van der Waals surface area (Å²) >= 11 is 0. The smallest absolute Gasteiger partial charge is 0.311 e. The molecular formula is C30H49NO3. The highest BCUT2D eigenvalue weighted by Crippen LogP contribution is 2.62. The number of hydrogen-bond donors (Lipinski definition) is 0. The monoisotopic (exact) mass is 471 g/mol. The first-order chi connectivity index (χ1) is 16.3. The third-order valence-corrected chi connectivity index (χ3v) is 9.23. The van der Waals surface area contributed by atoms with Gasteiger partial charge in [0.2, 0.25) is 0 Å². The molecule has 0 N–H and O–H groups in total. The molecule has 0 bridgehead atoms. The molecule has 0 saturated heterocycles. The Balaban J connectivity index is 1.73. The number of aryl methyl sites for hydroxylation is 1. The molecule has 1 aromatic heterocycles. The highest BCUT2D eigenvalue weighted by Gasteiger charge is 2.57. The number of nitrogens with zero attached hydrogens (tertiary/aromatic N) is 1. The van der Waals surface area contributed by atoms with E-state index in [-0.39, 0.29) is 16.8 Å². The highest BCUT2D eigenvalue weighted by molar-refractivity contribution is 5.77. The fourth-order valence-corrected chi connectivity index (χ4v) is 7.22. The Hall–Kier alpha value is -1.55. The summed E-state index contributed by atoms with van der Waals surface area (Å²) in [5.74, 6) is 1.91. The quantitative estimate of drug-likeness (QED) is 0.233. The van der Waals surface area contributed by atoms with Crippen molar-refractivity contribution in [3.05, 3.63) is 35.8 Å². The van der Waals surface area contributed by atoms with Crippen LogP contribution in [0.3, 0.4) is 0 Å². The predicted octanol–water partition coefficient (Wildman–Crippen LogP) is 7.57. The molecule has 2 aliphatic rings. The number of carbonyl (C=O) groups is 1. The molecule has 192 valence electrons. The number of allylic oxidation sites excluding steroid dienone is 1. The minimum Gasteiger partial charge on any atom is -0.469 e. The standard InChI is InChI=1S/C30H49NO3/c1-7-9-19-31(20-10-8-2)22-26-24(16-21-34-26)13-14-25-23(3)12-15-27-29(25,4)17-11-18-30(27,5)28(32)33-6/h16,21,25,27H,3,7-15,17-20,22H2,1-2,4-6H3/t25-,27?,29+,30-/m0/s1. The van der Waals surface area contributed by atoms with Gasteiger partial charge in [-0.15, -0.1) is 0 Å². The molecule has 2 fully saturated rings. The Bertz CT molecular complexity index is 806. The Morgan fingerprint density at radius 3 is 2.56 bits per heavy atom. The van der Waals surface area contributed by atoms with E-state index in [0.29, 0.717) is 11.8 Å². The number of methoxy groups -OCH3 is 1. The molecule has 1 unspecified atom stereocenters. The maximum Gasteiger partial charge on any atom is 0.311 e. The first-order valence-corrected chi connectivity index (χ1v) is 13.8. The van der Waals surface area contributed by atoms with Gasteiger partial charge in [-0.2, -0.15) is 0 Å². The van der Waals surface area contributed by atoms with Crippen LogP contribution in [0.5, 0.6) is 0 Å². The van der Waals surface area contributed by atoms with Crippen LogP contribution in [0, 0.1) is 22.7 Å². The van der Waals surface area contributed by atoms with Crippen molar-refractivity contribution in [2.24, 2.45) is 22.7 Å². The van der Waals surface area contributed by atoms with Crippen molar-refractivity contribution >= 4 is 5.97 Å². The van der Waals surface area contributed by atoms with Gasteiger partial charge in [-0.25, -0.2) is 0 Å². The maximum atomic E-state index is 12.9. The van der Waals surface area contributed by atoms with Crippen molar-refractivity contribution in [1.29, 1.82) is 0 Å². The molecule has 0 aliphatic heterocycles. The molecule has 2 saturated carbocycles. The summed E-state index contributed by atoms with van der Waals surface area (Å²) in [5, 5.41) is 0. The second-order valence-corrected chi connectivity index (χ2v) is 11.5. The van der Waals surface area contributed by atoms with Crippen molar-refractivity contribution in [3.63, 3.8) is 0 Å². The summed E-state index contributed by atoms with van der Waals surface area (Å²) in [6, 6.07) is 2.18. The molecule has 34 heavy (non-hydrogen) atoms. The van der Waals surface area contributed by atoms with Gasteiger partial charge in [-0.3, -0.25) is 9.69 Å². The zero-order valence-electron chi connectivity index (χ0n) is 22.6. The molecule has 2 aliphatic carbocycles. The zero-order valence-corrected chi connectivity index (χ0v) is 22.6. The van der Waals surface area contributed by atoms with Crippen LogP contribution in [0.15, 0.2) is 28.9 Å². The molecule has 0 aromatic carbocycles. The van der Waals surface area contributed by atoms with Crippen molar-refractivity contribution in [2.75, 3.05) is 20.2 Å². The van der Waals surface area contributed by atoms with Gasteiger partial charge >= 0.3 is 5.97 Å². The van der Waals surface area contributed by atoms with Crippen LogP contribution in [0.4, 0.5) is 0 Å². The lowest BCUT2D eigenvalue weighted by molar-refractivity contribution is -0.168. The fraction of sp³-hybridized carbons (Fsp3) is 0.767. The number of furan rings is 1. The molecule has 4 heteroatoms. The fourth-order valence-electron chi connectivity index (χ4n) is 7.22. The lowest BCUT2D eigenvalue weighted by Gasteiger charge is -2.57. The topological polar surface area (TPSA) is 42.7 Å². The number of ether oxygens (including phenoxy) is 1. The molecule has 0 amide bonds. The van der Waals surface area contributed by atoms with Gasteiger partial charge in [0.25, 0.3) is 0 Å². The summed E-state index contributed by atoms with van der Waals surface area (Å²) in [5.41, 5.74) is 2.46. The average Bonchev–Trinajstić information content (AvgIpc) is 3.26. The first-order valence-electron chi connectivity index (χ1n) is 13.8. The van der Waals surface area contributed by atoms with Gasteiger partial charge in [0.15, 0.2) is 0 Å². The summed E-state index contributed by atoms with van der Waals surface area (Å²) in [6.07, 6.45) is 14.2. The molecule has 0 radical (unpaired) electrons. The zero-order chi connectivity index (χ0) is 24.8. The van der Waals surface area contributed by atoms with Crippen LogP contribution in [-0.4, -0.2) is 31.1 Å². The lowest BCUT2D eigenvalue weighted by Crippen LogP contribution is -2.53. The van der Waals surface area contributed by atoms with E-state index < -0.39 is 0 Å². The van der Waals surface area contributed by atoms with E-state index in [0.717, 1.165) is 63.9 Å². The number of unbranched alkanes of at least 4 members (excludes halogenated alkanes) is 2. The van der Waals surface area contributed by atoms with E-state index in [9.17, 15) is 4.79 Å². The number of carbonyl (C=O) groups excluding carboxylic acids is 1. The number of rotatable bonds is 12. The minimum absolute atomic E-state index is 0.0222. The molecular weight excluding hydrogens is 422 g/mol.